The first kappa shape index (κ1) is 20.5. The molecule has 1 aromatic carbocycles. The summed E-state index contributed by atoms with van der Waals surface area (Å²) in [5.41, 5.74) is 2.32. The highest BCUT2D eigenvalue weighted by Gasteiger charge is 2.28. The molecule has 1 aromatic heterocycles. The van der Waals surface area contributed by atoms with Crippen molar-refractivity contribution in [2.75, 3.05) is 43.0 Å². The van der Waals surface area contributed by atoms with Crippen LogP contribution in [-0.2, 0) is 11.3 Å². The zero-order valence-corrected chi connectivity index (χ0v) is 17.7. The van der Waals surface area contributed by atoms with Crippen LogP contribution in [-0.4, -0.2) is 53.7 Å². The number of rotatable bonds is 7. The van der Waals surface area contributed by atoms with E-state index in [1.165, 1.54) is 17.0 Å². The van der Waals surface area contributed by atoms with E-state index in [1.807, 2.05) is 6.92 Å². The van der Waals surface area contributed by atoms with Crippen molar-refractivity contribution in [3.63, 3.8) is 0 Å². The lowest BCUT2D eigenvalue weighted by atomic mass is 9.96. The van der Waals surface area contributed by atoms with Crippen LogP contribution in [0.3, 0.4) is 0 Å². The minimum Gasteiger partial charge on any atom is -0.447 e. The van der Waals surface area contributed by atoms with E-state index in [0.29, 0.717) is 18.2 Å². The second-order valence-electron chi connectivity index (χ2n) is 7.68. The van der Waals surface area contributed by atoms with Crippen LogP contribution in [0.2, 0.25) is 0 Å². The number of amides is 1. The second-order valence-corrected chi connectivity index (χ2v) is 8.75. The number of nitro benzene ring substituents is 1. The van der Waals surface area contributed by atoms with Crippen LogP contribution >= 0.6 is 11.3 Å². The van der Waals surface area contributed by atoms with E-state index in [2.05, 4.69) is 20.6 Å². The maximum Gasteiger partial charge on any atom is 0.414 e. The molecule has 0 saturated carbocycles. The minimum atomic E-state index is -0.468. The third kappa shape index (κ3) is 4.71. The molecule has 0 aliphatic carbocycles. The number of cyclic esters (lactones) is 1. The molecule has 2 fully saturated rings. The Morgan fingerprint density at radius 1 is 1.33 bits per heavy atom. The van der Waals surface area contributed by atoms with Gasteiger partial charge in [-0.25, -0.2) is 9.78 Å². The van der Waals surface area contributed by atoms with Crippen LogP contribution in [0.5, 0.6) is 0 Å². The van der Waals surface area contributed by atoms with Crippen molar-refractivity contribution in [2.24, 2.45) is 5.92 Å². The van der Waals surface area contributed by atoms with Gasteiger partial charge < -0.3 is 10.1 Å². The van der Waals surface area contributed by atoms with Gasteiger partial charge in [-0.3, -0.25) is 19.9 Å². The van der Waals surface area contributed by atoms with Crippen LogP contribution in [0.4, 0.5) is 21.9 Å². The number of piperidine rings is 1. The quantitative estimate of drug-likeness (QED) is 0.527. The van der Waals surface area contributed by atoms with Crippen LogP contribution < -0.4 is 10.2 Å². The van der Waals surface area contributed by atoms with Gasteiger partial charge in [0.1, 0.15) is 6.61 Å². The number of carbonyl (C=O) groups is 1. The highest BCUT2D eigenvalue weighted by molar-refractivity contribution is 7.09. The van der Waals surface area contributed by atoms with Gasteiger partial charge in [-0.05, 0) is 44.8 Å². The van der Waals surface area contributed by atoms with E-state index in [4.69, 9.17) is 4.74 Å². The van der Waals surface area contributed by atoms with Gasteiger partial charge in [0, 0.05) is 30.6 Å². The Bertz CT molecular complexity index is 926. The molecule has 0 radical (unpaired) electrons. The normalized spacial score (nSPS) is 17.9. The highest BCUT2D eigenvalue weighted by atomic mass is 32.1. The Balaban J connectivity index is 1.35. The fourth-order valence-electron chi connectivity index (χ4n) is 3.93. The number of nitro groups is 1. The van der Waals surface area contributed by atoms with Crippen molar-refractivity contribution in [2.45, 2.75) is 26.3 Å². The molecule has 2 aliphatic heterocycles. The molecule has 30 heavy (non-hydrogen) atoms. The van der Waals surface area contributed by atoms with Crippen LogP contribution in [0.15, 0.2) is 23.6 Å². The lowest BCUT2D eigenvalue weighted by Gasteiger charge is -2.32. The topological polar surface area (TPSA) is 101 Å². The lowest BCUT2D eigenvalue weighted by molar-refractivity contribution is -0.384. The average Bonchev–Trinajstić information content (AvgIpc) is 3.35. The fraction of sp³-hybridized carbons (Fsp3) is 0.500. The molecule has 0 bridgehead atoms. The summed E-state index contributed by atoms with van der Waals surface area (Å²) in [6.45, 7) is 6.41. The van der Waals surface area contributed by atoms with Crippen molar-refractivity contribution in [1.82, 2.24) is 9.88 Å². The molecule has 160 valence electrons. The van der Waals surface area contributed by atoms with Gasteiger partial charge in [0.15, 0.2) is 0 Å². The third-order valence-corrected chi connectivity index (χ3v) is 6.41. The molecule has 1 N–H and O–H groups in total. The molecule has 2 aromatic rings. The first-order valence-electron chi connectivity index (χ1n) is 10.1. The zero-order valence-electron chi connectivity index (χ0n) is 16.9. The largest absolute Gasteiger partial charge is 0.447 e. The predicted molar refractivity (Wildman–Crippen MR) is 115 cm³/mol. The summed E-state index contributed by atoms with van der Waals surface area (Å²) < 4.78 is 5.01. The van der Waals surface area contributed by atoms with E-state index >= 15 is 0 Å². The molecule has 0 spiro atoms. The number of aryl methyl sites for hydroxylation is 1. The Hall–Kier alpha value is -2.72. The number of non-ortho nitro benzene ring substituents is 1. The smallest absolute Gasteiger partial charge is 0.414 e. The van der Waals surface area contributed by atoms with Gasteiger partial charge in [-0.2, -0.15) is 0 Å². The molecule has 2 saturated heterocycles. The van der Waals surface area contributed by atoms with Gasteiger partial charge in [0.2, 0.25) is 0 Å². The molecule has 9 nitrogen and oxygen atoms in total. The lowest BCUT2D eigenvalue weighted by Crippen LogP contribution is -2.35. The first-order valence-corrected chi connectivity index (χ1v) is 11.0. The predicted octanol–water partition coefficient (Wildman–Crippen LogP) is 3.64. The molecular weight excluding hydrogens is 406 g/mol. The number of carbonyl (C=O) groups excluding carboxylic acids is 1. The number of hydrogen-bond acceptors (Lipinski definition) is 8. The van der Waals surface area contributed by atoms with E-state index in [9.17, 15) is 14.9 Å². The minimum absolute atomic E-state index is 0.0409. The summed E-state index contributed by atoms with van der Waals surface area (Å²) in [4.78, 5) is 31.2. The number of ether oxygens (including phenoxy) is 1. The SMILES string of the molecule is Cc1nc(CN2CCC(CNc3ccc([N+](=O)[O-])cc3N3CCOC3=O)CC2)cs1. The molecule has 1 amide bonds. The van der Waals surface area contributed by atoms with Crippen molar-refractivity contribution in [1.29, 1.82) is 0 Å². The van der Waals surface area contributed by atoms with Gasteiger partial charge in [-0.15, -0.1) is 11.3 Å². The first-order chi connectivity index (χ1) is 14.5. The number of thiazole rings is 1. The molecule has 0 unspecified atom stereocenters. The fourth-order valence-corrected chi connectivity index (χ4v) is 4.54. The maximum absolute atomic E-state index is 12.0. The number of aromatic nitrogens is 1. The highest BCUT2D eigenvalue weighted by Crippen LogP contribution is 2.33. The zero-order chi connectivity index (χ0) is 21.1. The second kappa shape index (κ2) is 8.97. The van der Waals surface area contributed by atoms with Gasteiger partial charge in [0.05, 0.1) is 33.5 Å². The number of benzene rings is 1. The standard InChI is InChI=1S/C20H25N5O4S/c1-14-22-16(13-30-14)12-23-6-4-15(5-7-23)11-21-18-3-2-17(25(27)28)10-19(18)24-8-9-29-20(24)26/h2-3,10,13,15,21H,4-9,11-12H2,1H3. The molecular formula is C20H25N5O4S. The third-order valence-electron chi connectivity index (χ3n) is 5.58. The van der Waals surface area contributed by atoms with Crippen LogP contribution in [0, 0.1) is 23.0 Å². The maximum atomic E-state index is 12.0. The van der Waals surface area contributed by atoms with Gasteiger partial charge in [-0.1, -0.05) is 0 Å². The summed E-state index contributed by atoms with van der Waals surface area (Å²) in [7, 11) is 0. The summed E-state index contributed by atoms with van der Waals surface area (Å²) in [6, 6.07) is 4.58. The Kier molecular flexibility index (Phi) is 6.14. The number of anilines is 2. The van der Waals surface area contributed by atoms with E-state index < -0.39 is 11.0 Å². The van der Waals surface area contributed by atoms with Crippen molar-refractivity contribution >= 4 is 34.5 Å². The van der Waals surface area contributed by atoms with E-state index in [-0.39, 0.29) is 12.3 Å². The monoisotopic (exact) mass is 431 g/mol. The van der Waals surface area contributed by atoms with Crippen molar-refractivity contribution < 1.29 is 14.5 Å². The number of hydrogen-bond donors (Lipinski definition) is 1. The van der Waals surface area contributed by atoms with Gasteiger partial charge >= 0.3 is 6.09 Å². The van der Waals surface area contributed by atoms with Crippen LogP contribution in [0.1, 0.15) is 23.5 Å². The summed E-state index contributed by atoms with van der Waals surface area (Å²) in [5.74, 6) is 0.506. The summed E-state index contributed by atoms with van der Waals surface area (Å²) in [6.07, 6.45) is 1.68. The Morgan fingerprint density at radius 3 is 2.77 bits per heavy atom. The number of nitrogens with one attached hydrogen (secondary N) is 1. The van der Waals surface area contributed by atoms with Gasteiger partial charge in [0.25, 0.3) is 5.69 Å². The van der Waals surface area contributed by atoms with E-state index in [0.717, 1.165) is 55.4 Å². The van der Waals surface area contributed by atoms with Crippen LogP contribution in [0.25, 0.3) is 0 Å². The average molecular weight is 432 g/mol. The molecule has 10 heteroatoms. The molecule has 0 atom stereocenters. The molecule has 3 heterocycles. The number of nitrogens with zero attached hydrogens (tertiary/aromatic N) is 4. The Labute approximate surface area is 178 Å². The van der Waals surface area contributed by atoms with Crippen molar-refractivity contribution in [3.05, 3.63) is 44.4 Å². The number of likely N-dealkylation sites (tertiary alicyclic amines) is 1. The molecule has 2 aliphatic rings. The Morgan fingerprint density at radius 2 is 2.13 bits per heavy atom. The summed E-state index contributed by atoms with van der Waals surface area (Å²) in [5, 5.41) is 17.8. The summed E-state index contributed by atoms with van der Waals surface area (Å²) >= 11 is 1.69. The van der Waals surface area contributed by atoms with Crippen molar-refractivity contribution in [3.8, 4) is 0 Å². The molecule has 4 rings (SSSR count). The van der Waals surface area contributed by atoms with E-state index in [1.54, 1.807) is 17.4 Å².